The Kier molecular flexibility index (Phi) is 4.03. The summed E-state index contributed by atoms with van der Waals surface area (Å²) >= 11 is 0. The molecule has 1 aromatic rings. The second-order valence-electron chi connectivity index (χ2n) is 4.50. The Bertz CT molecular complexity index is 426. The predicted octanol–water partition coefficient (Wildman–Crippen LogP) is 3.02. The molecule has 0 atom stereocenters. The normalized spacial score (nSPS) is 15.6. The summed E-state index contributed by atoms with van der Waals surface area (Å²) in [6.07, 6.45) is 2.11. The van der Waals surface area contributed by atoms with E-state index in [2.05, 4.69) is 11.5 Å². The van der Waals surface area contributed by atoms with Crippen molar-refractivity contribution in [2.24, 2.45) is 0 Å². The largest absolute Gasteiger partial charge is 0.462 e. The molecule has 0 spiro atoms. The van der Waals surface area contributed by atoms with Crippen LogP contribution in [0.15, 0.2) is 36.4 Å². The van der Waals surface area contributed by atoms with Crippen molar-refractivity contribution in [2.45, 2.75) is 19.8 Å². The number of piperidine rings is 1. The molecule has 0 saturated carbocycles. The lowest BCUT2D eigenvalue weighted by atomic mass is 10.1. The molecule has 1 aliphatic rings. The van der Waals surface area contributed by atoms with Gasteiger partial charge in [0.1, 0.15) is 0 Å². The van der Waals surface area contributed by atoms with Crippen molar-refractivity contribution in [3.8, 4) is 0 Å². The Morgan fingerprint density at radius 2 is 1.89 bits per heavy atom. The van der Waals surface area contributed by atoms with Gasteiger partial charge in [0.05, 0.1) is 12.2 Å². The van der Waals surface area contributed by atoms with Crippen LogP contribution >= 0.6 is 0 Å². The minimum atomic E-state index is -0.254. The molecule has 3 heteroatoms. The van der Waals surface area contributed by atoms with Crippen LogP contribution < -0.4 is 4.90 Å². The number of nitrogens with zero attached hydrogens (tertiary/aromatic N) is 1. The molecule has 0 radical (unpaired) electrons. The number of benzene rings is 1. The van der Waals surface area contributed by atoms with Gasteiger partial charge in [-0.3, -0.25) is 0 Å². The third-order valence-corrected chi connectivity index (χ3v) is 3.21. The van der Waals surface area contributed by atoms with E-state index in [9.17, 15) is 4.79 Å². The fourth-order valence-corrected chi connectivity index (χ4v) is 2.10. The summed E-state index contributed by atoms with van der Waals surface area (Å²) in [6, 6.07) is 7.63. The monoisotopic (exact) mass is 245 g/mol. The molecule has 1 aliphatic heterocycles. The van der Waals surface area contributed by atoms with E-state index in [-0.39, 0.29) is 5.97 Å². The number of anilines is 1. The molecule has 1 fully saturated rings. The molecule has 0 N–H and O–H groups in total. The Hall–Kier alpha value is -1.77. The highest BCUT2D eigenvalue weighted by Crippen LogP contribution is 2.22. The van der Waals surface area contributed by atoms with Gasteiger partial charge in [-0.15, -0.1) is 0 Å². The number of carbonyl (C=O) groups is 1. The van der Waals surface area contributed by atoms with Crippen molar-refractivity contribution in [1.82, 2.24) is 0 Å². The standard InChI is InChI=1S/C15H19NO2/c1-3-18-15(17)13-4-6-14(7-5-13)16-10-8-12(2)9-11-16/h4-7H,2-3,8-11H2,1H3. The summed E-state index contributed by atoms with van der Waals surface area (Å²) in [7, 11) is 0. The van der Waals surface area contributed by atoms with Crippen LogP contribution in [0.4, 0.5) is 5.69 Å². The number of esters is 1. The van der Waals surface area contributed by atoms with Gasteiger partial charge in [0.2, 0.25) is 0 Å². The van der Waals surface area contributed by atoms with Gasteiger partial charge >= 0.3 is 5.97 Å². The van der Waals surface area contributed by atoms with Gasteiger partial charge in [0.15, 0.2) is 0 Å². The van der Waals surface area contributed by atoms with Crippen LogP contribution in [0.3, 0.4) is 0 Å². The number of ether oxygens (including phenoxy) is 1. The van der Waals surface area contributed by atoms with Crippen LogP contribution in [0.5, 0.6) is 0 Å². The van der Waals surface area contributed by atoms with Crippen molar-refractivity contribution < 1.29 is 9.53 Å². The third-order valence-electron chi connectivity index (χ3n) is 3.21. The minimum absolute atomic E-state index is 0.254. The Labute approximate surface area is 108 Å². The van der Waals surface area contributed by atoms with Crippen molar-refractivity contribution >= 4 is 11.7 Å². The SMILES string of the molecule is C=C1CCN(c2ccc(C(=O)OCC)cc2)CC1. The first kappa shape index (κ1) is 12.7. The Balaban J connectivity index is 2.03. The average molecular weight is 245 g/mol. The molecule has 2 rings (SSSR count). The summed E-state index contributed by atoms with van der Waals surface area (Å²) in [5.74, 6) is -0.254. The highest BCUT2D eigenvalue weighted by atomic mass is 16.5. The molecule has 18 heavy (non-hydrogen) atoms. The fourth-order valence-electron chi connectivity index (χ4n) is 2.10. The fraction of sp³-hybridized carbons (Fsp3) is 0.400. The van der Waals surface area contributed by atoms with Crippen LogP contribution in [-0.2, 0) is 4.74 Å². The van der Waals surface area contributed by atoms with Crippen LogP contribution in [0.2, 0.25) is 0 Å². The smallest absolute Gasteiger partial charge is 0.338 e. The third kappa shape index (κ3) is 2.92. The predicted molar refractivity (Wildman–Crippen MR) is 73.0 cm³/mol. The lowest BCUT2D eigenvalue weighted by Gasteiger charge is -2.30. The molecular weight excluding hydrogens is 226 g/mol. The molecule has 96 valence electrons. The first-order valence-electron chi connectivity index (χ1n) is 6.39. The van der Waals surface area contributed by atoms with Crippen LogP contribution in [0.25, 0.3) is 0 Å². The summed E-state index contributed by atoms with van der Waals surface area (Å²) in [6.45, 7) is 8.26. The highest BCUT2D eigenvalue weighted by molar-refractivity contribution is 5.89. The first-order valence-corrected chi connectivity index (χ1v) is 6.39. The van der Waals surface area contributed by atoms with E-state index >= 15 is 0 Å². The van der Waals surface area contributed by atoms with Gasteiger partial charge < -0.3 is 9.64 Å². The zero-order valence-electron chi connectivity index (χ0n) is 10.8. The zero-order chi connectivity index (χ0) is 13.0. The summed E-state index contributed by atoms with van der Waals surface area (Å²) in [5, 5.41) is 0. The molecule has 0 bridgehead atoms. The molecular formula is C15H19NO2. The quantitative estimate of drug-likeness (QED) is 0.605. The molecule has 1 saturated heterocycles. The van der Waals surface area contributed by atoms with Crippen molar-refractivity contribution in [3.63, 3.8) is 0 Å². The highest BCUT2D eigenvalue weighted by Gasteiger charge is 2.13. The second kappa shape index (κ2) is 5.71. The maximum atomic E-state index is 11.5. The number of hydrogen-bond acceptors (Lipinski definition) is 3. The van der Waals surface area contributed by atoms with E-state index in [0.717, 1.165) is 31.6 Å². The van der Waals surface area contributed by atoms with E-state index in [1.807, 2.05) is 31.2 Å². The summed E-state index contributed by atoms with van der Waals surface area (Å²) in [5.41, 5.74) is 3.10. The van der Waals surface area contributed by atoms with Crippen LogP contribution in [0.1, 0.15) is 30.1 Å². The van der Waals surface area contributed by atoms with E-state index in [1.165, 1.54) is 5.57 Å². The summed E-state index contributed by atoms with van der Waals surface area (Å²) < 4.78 is 4.96. The number of rotatable bonds is 3. The summed E-state index contributed by atoms with van der Waals surface area (Å²) in [4.78, 5) is 13.9. The van der Waals surface area contributed by atoms with Crippen LogP contribution in [0, 0.1) is 0 Å². The van der Waals surface area contributed by atoms with E-state index in [0.29, 0.717) is 12.2 Å². The number of hydrogen-bond donors (Lipinski definition) is 0. The molecule has 0 aromatic heterocycles. The van der Waals surface area contributed by atoms with Gasteiger partial charge in [-0.2, -0.15) is 0 Å². The minimum Gasteiger partial charge on any atom is -0.462 e. The Morgan fingerprint density at radius 1 is 1.28 bits per heavy atom. The van der Waals surface area contributed by atoms with Gasteiger partial charge in [-0.25, -0.2) is 4.79 Å². The molecule has 1 aromatic carbocycles. The molecule has 0 amide bonds. The van der Waals surface area contributed by atoms with Crippen molar-refractivity contribution in [3.05, 3.63) is 42.0 Å². The van der Waals surface area contributed by atoms with Crippen molar-refractivity contribution in [1.29, 1.82) is 0 Å². The molecule has 0 aliphatic carbocycles. The van der Waals surface area contributed by atoms with E-state index in [1.54, 1.807) is 0 Å². The molecule has 1 heterocycles. The van der Waals surface area contributed by atoms with E-state index < -0.39 is 0 Å². The topological polar surface area (TPSA) is 29.5 Å². The molecule has 3 nitrogen and oxygen atoms in total. The zero-order valence-corrected chi connectivity index (χ0v) is 10.8. The average Bonchev–Trinajstić information content (AvgIpc) is 2.40. The van der Waals surface area contributed by atoms with Crippen LogP contribution in [-0.4, -0.2) is 25.7 Å². The number of carbonyl (C=O) groups excluding carboxylic acids is 1. The van der Waals surface area contributed by atoms with Gasteiger partial charge in [-0.05, 0) is 44.0 Å². The maximum absolute atomic E-state index is 11.5. The Morgan fingerprint density at radius 3 is 2.44 bits per heavy atom. The van der Waals surface area contributed by atoms with Gasteiger partial charge in [0.25, 0.3) is 0 Å². The van der Waals surface area contributed by atoms with Crippen molar-refractivity contribution in [2.75, 3.05) is 24.6 Å². The molecule has 0 unspecified atom stereocenters. The maximum Gasteiger partial charge on any atom is 0.338 e. The van der Waals surface area contributed by atoms with Gasteiger partial charge in [-0.1, -0.05) is 12.2 Å². The van der Waals surface area contributed by atoms with E-state index in [4.69, 9.17) is 4.74 Å². The lowest BCUT2D eigenvalue weighted by molar-refractivity contribution is 0.0526. The first-order chi connectivity index (χ1) is 8.70. The second-order valence-corrected chi connectivity index (χ2v) is 4.50. The van der Waals surface area contributed by atoms with Gasteiger partial charge in [0, 0.05) is 18.8 Å². The lowest BCUT2D eigenvalue weighted by Crippen LogP contribution is -2.30.